The minimum atomic E-state index is -0.201. The molecule has 3 N–H and O–H groups in total. The molecule has 1 fully saturated rings. The van der Waals surface area contributed by atoms with Crippen LogP contribution in [0.15, 0.2) is 48.5 Å². The number of carbonyl (C=O) groups excluding carboxylic acids is 2. The standard InChI is InChI=1S/C24H33N5O2/c1-4-28-13-15-29(16-14-28)22-11-9-21(10-12-22)27-23(30)20-7-5-19(6-8-20)17-25-24(31)26-18(2)3/h5-12,18H,4,13-17H2,1-3H3,(H,27,30)(H2,25,26,31). The van der Waals surface area contributed by atoms with Gasteiger partial charge in [0.2, 0.25) is 0 Å². The molecule has 3 rings (SSSR count). The number of urea groups is 1. The number of hydrogen-bond acceptors (Lipinski definition) is 4. The molecule has 166 valence electrons. The van der Waals surface area contributed by atoms with Crippen molar-refractivity contribution in [3.63, 3.8) is 0 Å². The van der Waals surface area contributed by atoms with Crippen LogP contribution >= 0.6 is 0 Å². The highest BCUT2D eigenvalue weighted by atomic mass is 16.2. The van der Waals surface area contributed by atoms with Crippen LogP contribution in [0.2, 0.25) is 0 Å². The number of nitrogens with zero attached hydrogens (tertiary/aromatic N) is 2. The van der Waals surface area contributed by atoms with Crippen LogP contribution in [0.1, 0.15) is 36.7 Å². The smallest absolute Gasteiger partial charge is 0.315 e. The molecule has 0 atom stereocenters. The van der Waals surface area contributed by atoms with E-state index in [1.807, 2.05) is 38.1 Å². The summed E-state index contributed by atoms with van der Waals surface area (Å²) in [5.74, 6) is -0.152. The van der Waals surface area contributed by atoms with E-state index in [1.165, 1.54) is 5.69 Å². The highest BCUT2D eigenvalue weighted by Gasteiger charge is 2.16. The van der Waals surface area contributed by atoms with Crippen molar-refractivity contribution in [3.8, 4) is 0 Å². The summed E-state index contributed by atoms with van der Waals surface area (Å²) in [7, 11) is 0. The molecular weight excluding hydrogens is 390 g/mol. The van der Waals surface area contributed by atoms with Crippen LogP contribution in [0.4, 0.5) is 16.2 Å². The van der Waals surface area contributed by atoms with Crippen LogP contribution in [0, 0.1) is 0 Å². The first kappa shape index (κ1) is 22.6. The highest BCUT2D eigenvalue weighted by Crippen LogP contribution is 2.20. The van der Waals surface area contributed by atoms with Crippen molar-refractivity contribution in [3.05, 3.63) is 59.7 Å². The number of likely N-dealkylation sites (N-methyl/N-ethyl adjacent to an activating group) is 1. The molecule has 1 aliphatic rings. The average Bonchev–Trinajstić information content (AvgIpc) is 2.78. The highest BCUT2D eigenvalue weighted by molar-refractivity contribution is 6.04. The summed E-state index contributed by atoms with van der Waals surface area (Å²) in [4.78, 5) is 29.1. The Hall–Kier alpha value is -3.06. The number of anilines is 2. The van der Waals surface area contributed by atoms with Gasteiger partial charge in [0.25, 0.3) is 5.91 Å². The Kier molecular flexibility index (Phi) is 7.89. The maximum atomic E-state index is 12.6. The van der Waals surface area contributed by atoms with Crippen molar-refractivity contribution < 1.29 is 9.59 Å². The molecule has 31 heavy (non-hydrogen) atoms. The summed E-state index contributed by atoms with van der Waals surface area (Å²) in [6, 6.07) is 15.2. The molecule has 0 bridgehead atoms. The summed E-state index contributed by atoms with van der Waals surface area (Å²) in [5.41, 5.74) is 3.47. The van der Waals surface area contributed by atoms with E-state index in [4.69, 9.17) is 0 Å². The summed E-state index contributed by atoms with van der Waals surface area (Å²) in [5, 5.41) is 8.53. The van der Waals surface area contributed by atoms with Crippen molar-refractivity contribution in [2.75, 3.05) is 42.9 Å². The summed E-state index contributed by atoms with van der Waals surface area (Å²) < 4.78 is 0. The van der Waals surface area contributed by atoms with Gasteiger partial charge >= 0.3 is 6.03 Å². The van der Waals surface area contributed by atoms with Crippen molar-refractivity contribution in [2.24, 2.45) is 0 Å². The average molecular weight is 424 g/mol. The summed E-state index contributed by atoms with van der Waals surface area (Å²) >= 11 is 0. The molecular formula is C24H33N5O2. The normalized spacial score (nSPS) is 14.4. The van der Waals surface area contributed by atoms with Crippen LogP contribution in [0.5, 0.6) is 0 Å². The monoisotopic (exact) mass is 423 g/mol. The van der Waals surface area contributed by atoms with Gasteiger partial charge < -0.3 is 25.8 Å². The van der Waals surface area contributed by atoms with Crippen molar-refractivity contribution in [1.82, 2.24) is 15.5 Å². The van der Waals surface area contributed by atoms with Gasteiger partial charge in [-0.15, -0.1) is 0 Å². The fourth-order valence-electron chi connectivity index (χ4n) is 3.55. The third kappa shape index (κ3) is 6.72. The fraction of sp³-hybridized carbons (Fsp3) is 0.417. The predicted molar refractivity (Wildman–Crippen MR) is 126 cm³/mol. The van der Waals surface area contributed by atoms with Gasteiger partial charge in [-0.25, -0.2) is 4.79 Å². The lowest BCUT2D eigenvalue weighted by molar-refractivity contribution is 0.102. The van der Waals surface area contributed by atoms with Crippen LogP contribution in [0.25, 0.3) is 0 Å². The quantitative estimate of drug-likeness (QED) is 0.639. The number of carbonyl (C=O) groups is 2. The lowest BCUT2D eigenvalue weighted by Crippen LogP contribution is -2.46. The van der Waals surface area contributed by atoms with E-state index in [9.17, 15) is 9.59 Å². The summed E-state index contributed by atoms with van der Waals surface area (Å²) in [6.45, 7) is 11.8. The first-order valence-electron chi connectivity index (χ1n) is 11.0. The number of piperazine rings is 1. The molecule has 3 amide bonds. The molecule has 0 saturated carbocycles. The second kappa shape index (κ2) is 10.8. The number of rotatable bonds is 7. The number of nitrogens with one attached hydrogen (secondary N) is 3. The number of amides is 3. The van der Waals surface area contributed by atoms with Crippen molar-refractivity contribution in [2.45, 2.75) is 33.4 Å². The molecule has 0 radical (unpaired) electrons. The van der Waals surface area contributed by atoms with Crippen LogP contribution in [-0.2, 0) is 6.54 Å². The second-order valence-corrected chi connectivity index (χ2v) is 8.10. The predicted octanol–water partition coefficient (Wildman–Crippen LogP) is 3.29. The Morgan fingerprint density at radius 3 is 2.16 bits per heavy atom. The lowest BCUT2D eigenvalue weighted by Gasteiger charge is -2.35. The topological polar surface area (TPSA) is 76.7 Å². The SMILES string of the molecule is CCN1CCN(c2ccc(NC(=O)c3ccc(CNC(=O)NC(C)C)cc3)cc2)CC1. The molecule has 0 spiro atoms. The van der Waals surface area contributed by atoms with Crippen molar-refractivity contribution in [1.29, 1.82) is 0 Å². The maximum Gasteiger partial charge on any atom is 0.315 e. The van der Waals surface area contributed by atoms with E-state index in [1.54, 1.807) is 12.1 Å². The van der Waals surface area contributed by atoms with Gasteiger partial charge in [-0.05, 0) is 62.4 Å². The van der Waals surface area contributed by atoms with Crippen molar-refractivity contribution >= 4 is 23.3 Å². The van der Waals surface area contributed by atoms with Gasteiger partial charge in [-0.1, -0.05) is 19.1 Å². The fourth-order valence-corrected chi connectivity index (χ4v) is 3.55. The van der Waals surface area contributed by atoms with E-state index in [0.29, 0.717) is 12.1 Å². The van der Waals surface area contributed by atoms with Gasteiger partial charge in [0.05, 0.1) is 0 Å². The third-order valence-electron chi connectivity index (χ3n) is 5.40. The first-order chi connectivity index (χ1) is 14.9. The van der Waals surface area contributed by atoms with Crippen LogP contribution < -0.4 is 20.9 Å². The molecule has 0 unspecified atom stereocenters. The lowest BCUT2D eigenvalue weighted by atomic mass is 10.1. The largest absolute Gasteiger partial charge is 0.369 e. The number of hydrogen-bond donors (Lipinski definition) is 3. The molecule has 1 aliphatic heterocycles. The summed E-state index contributed by atoms with van der Waals surface area (Å²) in [6.07, 6.45) is 0. The molecule has 1 saturated heterocycles. The Morgan fingerprint density at radius 1 is 0.935 bits per heavy atom. The Balaban J connectivity index is 1.50. The molecule has 7 heteroatoms. The van der Waals surface area contributed by atoms with E-state index in [0.717, 1.165) is 44.0 Å². The maximum absolute atomic E-state index is 12.6. The Bertz CT molecular complexity index is 857. The Labute approximate surface area is 184 Å². The minimum absolute atomic E-state index is 0.0893. The Morgan fingerprint density at radius 2 is 1.58 bits per heavy atom. The van der Waals surface area contributed by atoms with Crippen LogP contribution in [-0.4, -0.2) is 55.6 Å². The van der Waals surface area contributed by atoms with E-state index >= 15 is 0 Å². The zero-order valence-electron chi connectivity index (χ0n) is 18.6. The van der Waals surface area contributed by atoms with E-state index in [-0.39, 0.29) is 18.0 Å². The van der Waals surface area contributed by atoms with Gasteiger partial charge in [0.15, 0.2) is 0 Å². The van der Waals surface area contributed by atoms with Gasteiger partial charge in [-0.2, -0.15) is 0 Å². The van der Waals surface area contributed by atoms with Gasteiger partial charge in [-0.3, -0.25) is 4.79 Å². The molecule has 7 nitrogen and oxygen atoms in total. The molecule has 2 aromatic rings. The van der Waals surface area contributed by atoms with Gasteiger partial charge in [0, 0.05) is 55.7 Å². The third-order valence-corrected chi connectivity index (χ3v) is 5.40. The van der Waals surface area contributed by atoms with E-state index < -0.39 is 0 Å². The zero-order chi connectivity index (χ0) is 22.2. The molecule has 1 heterocycles. The number of benzene rings is 2. The van der Waals surface area contributed by atoms with E-state index in [2.05, 4.69) is 44.8 Å². The molecule has 0 aliphatic carbocycles. The van der Waals surface area contributed by atoms with Gasteiger partial charge in [0.1, 0.15) is 0 Å². The zero-order valence-corrected chi connectivity index (χ0v) is 18.6. The first-order valence-corrected chi connectivity index (χ1v) is 11.0. The second-order valence-electron chi connectivity index (χ2n) is 8.10. The molecule has 2 aromatic carbocycles. The minimum Gasteiger partial charge on any atom is -0.369 e. The molecule has 0 aromatic heterocycles. The van der Waals surface area contributed by atoms with Crippen LogP contribution in [0.3, 0.4) is 0 Å².